The summed E-state index contributed by atoms with van der Waals surface area (Å²) in [5, 5.41) is 0. The maximum Gasteiger partial charge on any atom is 0.246 e. The van der Waals surface area contributed by atoms with Gasteiger partial charge < -0.3 is 19.1 Å². The van der Waals surface area contributed by atoms with Gasteiger partial charge in [0.15, 0.2) is 17.3 Å². The van der Waals surface area contributed by atoms with E-state index >= 15 is 0 Å². The van der Waals surface area contributed by atoms with Crippen LogP contribution in [-0.4, -0.2) is 74.5 Å². The summed E-state index contributed by atoms with van der Waals surface area (Å²) in [6, 6.07) is 12.8. The van der Waals surface area contributed by atoms with Gasteiger partial charge in [-0.15, -0.1) is 0 Å². The molecule has 1 fully saturated rings. The third kappa shape index (κ3) is 6.58. The highest BCUT2D eigenvalue weighted by Gasteiger charge is 2.22. The summed E-state index contributed by atoms with van der Waals surface area (Å²) in [6.07, 6.45) is 3.40. The molecule has 7 nitrogen and oxygen atoms in total. The molecule has 2 aromatic rings. The first kappa shape index (κ1) is 24.3. The third-order valence-corrected chi connectivity index (χ3v) is 5.43. The number of rotatable bonds is 9. The van der Waals surface area contributed by atoms with Crippen LogP contribution >= 0.6 is 0 Å². The van der Waals surface area contributed by atoms with Gasteiger partial charge in [0.05, 0.1) is 32.4 Å². The van der Waals surface area contributed by atoms with Crippen LogP contribution in [0.2, 0.25) is 0 Å². The molecule has 0 saturated carbocycles. The molecule has 33 heavy (non-hydrogen) atoms. The predicted molar refractivity (Wildman–Crippen MR) is 128 cm³/mol. The first-order chi connectivity index (χ1) is 15.9. The van der Waals surface area contributed by atoms with Gasteiger partial charge in [0.2, 0.25) is 5.91 Å². The van der Waals surface area contributed by atoms with Crippen molar-refractivity contribution < 1.29 is 23.8 Å². The molecule has 1 aliphatic heterocycles. The van der Waals surface area contributed by atoms with Gasteiger partial charge in [0, 0.05) is 32.3 Å². The highest BCUT2D eigenvalue weighted by Crippen LogP contribution is 2.29. The van der Waals surface area contributed by atoms with E-state index in [2.05, 4.69) is 4.90 Å². The molecule has 2 aromatic carbocycles. The van der Waals surface area contributed by atoms with Gasteiger partial charge in [-0.1, -0.05) is 18.2 Å². The summed E-state index contributed by atoms with van der Waals surface area (Å²) in [5.41, 5.74) is 1.44. The Morgan fingerprint density at radius 3 is 2.30 bits per heavy atom. The highest BCUT2D eigenvalue weighted by molar-refractivity contribution is 6.00. The average Bonchev–Trinajstić information content (AvgIpc) is 2.83. The fraction of sp³-hybridized carbons (Fsp3) is 0.385. The lowest BCUT2D eigenvalue weighted by Gasteiger charge is -2.33. The number of carbonyl (C=O) groups excluding carboxylic acids is 2. The molecule has 1 heterocycles. The number of ether oxygens (including phenoxy) is 3. The van der Waals surface area contributed by atoms with Gasteiger partial charge in [0.25, 0.3) is 0 Å². The van der Waals surface area contributed by atoms with Gasteiger partial charge >= 0.3 is 0 Å². The SMILES string of the molecule is COc1cc(/C=C/C(=O)N2CCN(CC(=O)c3ccccc3OC)CC2)ccc1OC(C)C. The molecule has 0 aromatic heterocycles. The Hall–Kier alpha value is -3.32. The lowest BCUT2D eigenvalue weighted by atomic mass is 10.1. The molecule has 1 aliphatic rings. The van der Waals surface area contributed by atoms with Crippen molar-refractivity contribution in [1.29, 1.82) is 0 Å². The van der Waals surface area contributed by atoms with Gasteiger partial charge in [-0.05, 0) is 49.8 Å². The molecule has 0 aliphatic carbocycles. The molecule has 0 N–H and O–H groups in total. The molecule has 0 spiro atoms. The summed E-state index contributed by atoms with van der Waals surface area (Å²) in [6.45, 7) is 6.67. The van der Waals surface area contributed by atoms with E-state index in [1.165, 1.54) is 0 Å². The second kappa shape index (κ2) is 11.5. The topological polar surface area (TPSA) is 68.3 Å². The summed E-state index contributed by atoms with van der Waals surface area (Å²) in [5.74, 6) is 1.86. The number of para-hydroxylation sites is 1. The first-order valence-corrected chi connectivity index (χ1v) is 11.1. The minimum atomic E-state index is -0.0489. The fourth-order valence-electron chi connectivity index (χ4n) is 3.70. The number of amides is 1. The molecule has 1 saturated heterocycles. The van der Waals surface area contributed by atoms with E-state index in [1.54, 1.807) is 43.4 Å². The number of carbonyl (C=O) groups is 2. The zero-order valence-electron chi connectivity index (χ0n) is 19.7. The summed E-state index contributed by atoms with van der Waals surface area (Å²) < 4.78 is 16.4. The van der Waals surface area contributed by atoms with Crippen molar-refractivity contribution in [2.75, 3.05) is 46.9 Å². The number of methoxy groups -OCH3 is 2. The van der Waals surface area contributed by atoms with Crippen molar-refractivity contribution in [3.05, 3.63) is 59.7 Å². The molecule has 0 bridgehead atoms. The van der Waals surface area contributed by atoms with Crippen molar-refractivity contribution in [2.45, 2.75) is 20.0 Å². The van der Waals surface area contributed by atoms with Crippen LogP contribution in [0.15, 0.2) is 48.5 Å². The molecular formula is C26H32N2O5. The van der Waals surface area contributed by atoms with Gasteiger partial charge in [-0.2, -0.15) is 0 Å². The van der Waals surface area contributed by atoms with E-state index in [4.69, 9.17) is 14.2 Å². The van der Waals surface area contributed by atoms with Crippen LogP contribution in [-0.2, 0) is 4.79 Å². The Labute approximate surface area is 195 Å². The predicted octanol–water partition coefficient (Wildman–Crippen LogP) is 3.53. The average molecular weight is 453 g/mol. The molecule has 0 unspecified atom stereocenters. The second-order valence-electron chi connectivity index (χ2n) is 8.14. The number of ketones is 1. The zero-order chi connectivity index (χ0) is 23.8. The van der Waals surface area contributed by atoms with Crippen LogP contribution in [0.3, 0.4) is 0 Å². The number of hydrogen-bond acceptors (Lipinski definition) is 6. The Bertz CT molecular complexity index is 994. The lowest BCUT2D eigenvalue weighted by Crippen LogP contribution is -2.49. The van der Waals surface area contributed by atoms with E-state index in [1.807, 2.05) is 44.2 Å². The van der Waals surface area contributed by atoms with Crippen LogP contribution < -0.4 is 14.2 Å². The van der Waals surface area contributed by atoms with Crippen LogP contribution in [0.25, 0.3) is 6.08 Å². The number of piperazine rings is 1. The number of nitrogens with zero attached hydrogens (tertiary/aromatic N) is 2. The normalized spacial score (nSPS) is 14.5. The zero-order valence-corrected chi connectivity index (χ0v) is 19.7. The maximum absolute atomic E-state index is 12.7. The number of benzene rings is 2. The Kier molecular flexibility index (Phi) is 8.49. The van der Waals surface area contributed by atoms with E-state index < -0.39 is 0 Å². The molecular weight excluding hydrogens is 420 g/mol. The number of Topliss-reactive ketones (excluding diaryl/α,β-unsaturated/α-hetero) is 1. The third-order valence-electron chi connectivity index (χ3n) is 5.43. The van der Waals surface area contributed by atoms with Crippen molar-refractivity contribution in [1.82, 2.24) is 9.80 Å². The molecule has 176 valence electrons. The van der Waals surface area contributed by atoms with Gasteiger partial charge in [-0.3, -0.25) is 14.5 Å². The Balaban J connectivity index is 1.53. The van der Waals surface area contributed by atoms with Crippen LogP contribution in [0.5, 0.6) is 17.2 Å². The van der Waals surface area contributed by atoms with Crippen molar-refractivity contribution in [3.63, 3.8) is 0 Å². The van der Waals surface area contributed by atoms with E-state index in [9.17, 15) is 9.59 Å². The largest absolute Gasteiger partial charge is 0.496 e. The Morgan fingerprint density at radius 1 is 0.939 bits per heavy atom. The lowest BCUT2D eigenvalue weighted by molar-refractivity contribution is -0.127. The summed E-state index contributed by atoms with van der Waals surface area (Å²) in [4.78, 5) is 29.2. The molecule has 0 radical (unpaired) electrons. The maximum atomic E-state index is 12.7. The molecule has 0 atom stereocenters. The highest BCUT2D eigenvalue weighted by atomic mass is 16.5. The van der Waals surface area contributed by atoms with E-state index in [0.29, 0.717) is 55.5 Å². The quantitative estimate of drug-likeness (QED) is 0.428. The Morgan fingerprint density at radius 2 is 1.64 bits per heavy atom. The smallest absolute Gasteiger partial charge is 0.246 e. The monoisotopic (exact) mass is 452 g/mol. The minimum absolute atomic E-state index is 0.0194. The fourth-order valence-corrected chi connectivity index (χ4v) is 3.70. The van der Waals surface area contributed by atoms with Gasteiger partial charge in [-0.25, -0.2) is 0 Å². The van der Waals surface area contributed by atoms with E-state index in [0.717, 1.165) is 5.56 Å². The standard InChI is InChI=1S/C26H32N2O5/c1-19(2)33-24-11-9-20(17-25(24)32-4)10-12-26(30)28-15-13-27(14-16-28)18-22(29)21-7-5-6-8-23(21)31-3/h5-12,17,19H,13-16,18H2,1-4H3/b12-10+. The molecule has 1 amide bonds. The second-order valence-corrected chi connectivity index (χ2v) is 8.14. The molecule has 7 heteroatoms. The van der Waals surface area contributed by atoms with Crippen molar-refractivity contribution in [2.24, 2.45) is 0 Å². The molecule has 3 rings (SSSR count). The summed E-state index contributed by atoms with van der Waals surface area (Å²) >= 11 is 0. The number of hydrogen-bond donors (Lipinski definition) is 0. The van der Waals surface area contributed by atoms with Crippen LogP contribution in [0.4, 0.5) is 0 Å². The van der Waals surface area contributed by atoms with Crippen LogP contribution in [0.1, 0.15) is 29.8 Å². The summed E-state index contributed by atoms with van der Waals surface area (Å²) in [7, 11) is 3.16. The first-order valence-electron chi connectivity index (χ1n) is 11.1. The van der Waals surface area contributed by atoms with Gasteiger partial charge in [0.1, 0.15) is 5.75 Å². The van der Waals surface area contributed by atoms with E-state index in [-0.39, 0.29) is 17.8 Å². The van der Waals surface area contributed by atoms with Crippen LogP contribution in [0, 0.1) is 0 Å². The van der Waals surface area contributed by atoms with Crippen molar-refractivity contribution >= 4 is 17.8 Å². The van der Waals surface area contributed by atoms with Crippen molar-refractivity contribution in [3.8, 4) is 17.2 Å². The minimum Gasteiger partial charge on any atom is -0.496 e.